The summed E-state index contributed by atoms with van der Waals surface area (Å²) in [4.78, 5) is 5.87. The van der Waals surface area contributed by atoms with Gasteiger partial charge in [-0.25, -0.2) is 9.67 Å². The number of aromatic nitrogens is 3. The lowest BCUT2D eigenvalue weighted by atomic mass is 10.3. The molecule has 2 rings (SSSR count). The third-order valence-electron chi connectivity index (χ3n) is 2.56. The molecule has 0 saturated carbocycles. The fraction of sp³-hybridized carbons (Fsp3) is 0.538. The summed E-state index contributed by atoms with van der Waals surface area (Å²) in [5.74, 6) is 2.64. The van der Waals surface area contributed by atoms with Crippen LogP contribution in [0.2, 0.25) is 0 Å². The van der Waals surface area contributed by atoms with Crippen LogP contribution in [0.15, 0.2) is 17.5 Å². The van der Waals surface area contributed by atoms with E-state index in [9.17, 15) is 0 Å². The van der Waals surface area contributed by atoms with E-state index in [2.05, 4.69) is 35.4 Å². The molecule has 2 heterocycles. The van der Waals surface area contributed by atoms with Crippen LogP contribution in [0, 0.1) is 0 Å². The maximum Gasteiger partial charge on any atom is 0.156 e. The van der Waals surface area contributed by atoms with Gasteiger partial charge in [0.25, 0.3) is 0 Å². The van der Waals surface area contributed by atoms with Crippen LogP contribution in [0.1, 0.15) is 30.4 Å². The normalized spacial score (nSPS) is 11.4. The van der Waals surface area contributed by atoms with Crippen molar-refractivity contribution in [3.63, 3.8) is 0 Å². The molecule has 0 amide bonds. The molecule has 0 radical (unpaired) electrons. The number of aliphatic hydroxyl groups is 1. The van der Waals surface area contributed by atoms with Gasteiger partial charge in [-0.15, -0.1) is 11.3 Å². The Balaban J connectivity index is 2.09. The lowest BCUT2D eigenvalue weighted by Gasteiger charge is -2.05. The Morgan fingerprint density at radius 1 is 1.47 bits per heavy atom. The van der Waals surface area contributed by atoms with Crippen molar-refractivity contribution in [3.05, 3.63) is 34.0 Å². The van der Waals surface area contributed by atoms with Crippen molar-refractivity contribution in [2.45, 2.75) is 37.8 Å². The van der Waals surface area contributed by atoms with Gasteiger partial charge in [-0.3, -0.25) is 0 Å². The van der Waals surface area contributed by atoms with E-state index in [0.29, 0.717) is 11.8 Å². The topological polar surface area (TPSA) is 50.9 Å². The Labute approximate surface area is 121 Å². The molecule has 6 heteroatoms. The van der Waals surface area contributed by atoms with Gasteiger partial charge in [0.15, 0.2) is 5.82 Å². The largest absolute Gasteiger partial charge is 0.394 e. The minimum atomic E-state index is 0.0984. The second kappa shape index (κ2) is 7.07. The summed E-state index contributed by atoms with van der Waals surface area (Å²) in [5, 5.41) is 16.2. The second-order valence-electron chi connectivity index (χ2n) is 4.51. The van der Waals surface area contributed by atoms with Gasteiger partial charge in [0.1, 0.15) is 5.82 Å². The smallest absolute Gasteiger partial charge is 0.156 e. The van der Waals surface area contributed by atoms with Crippen LogP contribution in [-0.2, 0) is 18.7 Å². The second-order valence-corrected chi connectivity index (χ2v) is 7.10. The molecule has 0 bridgehead atoms. The summed E-state index contributed by atoms with van der Waals surface area (Å²) < 4.78 is 1.83. The van der Waals surface area contributed by atoms with Crippen molar-refractivity contribution in [1.82, 2.24) is 14.8 Å². The van der Waals surface area contributed by atoms with Gasteiger partial charge in [-0.2, -0.15) is 16.9 Å². The van der Waals surface area contributed by atoms with E-state index in [4.69, 9.17) is 5.11 Å². The quantitative estimate of drug-likeness (QED) is 0.853. The van der Waals surface area contributed by atoms with E-state index < -0.39 is 0 Å². The van der Waals surface area contributed by atoms with E-state index >= 15 is 0 Å². The van der Waals surface area contributed by atoms with E-state index in [-0.39, 0.29) is 6.61 Å². The third kappa shape index (κ3) is 4.33. The molecule has 0 aliphatic rings. The molecule has 1 N–H and O–H groups in total. The first kappa shape index (κ1) is 14.6. The number of rotatable bonds is 7. The minimum absolute atomic E-state index is 0.0984. The van der Waals surface area contributed by atoms with Gasteiger partial charge in [0, 0.05) is 11.3 Å². The van der Waals surface area contributed by atoms with E-state index in [0.717, 1.165) is 23.8 Å². The highest BCUT2D eigenvalue weighted by molar-refractivity contribution is 7.99. The fourth-order valence-corrected chi connectivity index (χ4v) is 3.09. The van der Waals surface area contributed by atoms with Crippen molar-refractivity contribution >= 4 is 23.1 Å². The third-order valence-corrected chi connectivity index (χ3v) is 4.53. The Hall–Kier alpha value is -0.850. The van der Waals surface area contributed by atoms with Gasteiger partial charge in [0.2, 0.25) is 0 Å². The number of thioether (sulfide) groups is 1. The van der Waals surface area contributed by atoms with Gasteiger partial charge in [-0.05, 0) is 16.7 Å². The lowest BCUT2D eigenvalue weighted by molar-refractivity contribution is 0.267. The lowest BCUT2D eigenvalue weighted by Crippen LogP contribution is -2.08. The minimum Gasteiger partial charge on any atom is -0.394 e. The summed E-state index contributed by atoms with van der Waals surface area (Å²) in [6, 6.07) is 4.14. The van der Waals surface area contributed by atoms with Gasteiger partial charge >= 0.3 is 0 Å². The first-order valence-corrected chi connectivity index (χ1v) is 8.29. The predicted octanol–water partition coefficient (Wildman–Crippen LogP) is 2.56. The molecular formula is C13H19N3OS2. The molecule has 19 heavy (non-hydrogen) atoms. The predicted molar refractivity (Wildman–Crippen MR) is 80.7 cm³/mol. The van der Waals surface area contributed by atoms with Crippen LogP contribution >= 0.6 is 23.1 Å². The summed E-state index contributed by atoms with van der Waals surface area (Å²) in [6.45, 7) is 4.96. The van der Waals surface area contributed by atoms with Crippen LogP contribution in [0.25, 0.3) is 0 Å². The van der Waals surface area contributed by atoms with Crippen molar-refractivity contribution in [1.29, 1.82) is 0 Å². The zero-order chi connectivity index (χ0) is 13.7. The van der Waals surface area contributed by atoms with Crippen LogP contribution in [0.4, 0.5) is 0 Å². The van der Waals surface area contributed by atoms with E-state index in [1.165, 1.54) is 4.88 Å². The molecule has 0 aromatic carbocycles. The molecule has 2 aromatic heterocycles. The first-order chi connectivity index (χ1) is 9.19. The molecular weight excluding hydrogens is 278 g/mol. The van der Waals surface area contributed by atoms with Gasteiger partial charge < -0.3 is 5.11 Å². The van der Waals surface area contributed by atoms with E-state index in [1.807, 2.05) is 22.5 Å². The van der Waals surface area contributed by atoms with Crippen molar-refractivity contribution in [2.75, 3.05) is 6.61 Å². The average Bonchev–Trinajstić information content (AvgIpc) is 2.98. The summed E-state index contributed by atoms with van der Waals surface area (Å²) in [7, 11) is 0. The molecule has 0 spiro atoms. The summed E-state index contributed by atoms with van der Waals surface area (Å²) in [5.41, 5.74) is 0. The number of thiophene rings is 1. The highest BCUT2D eigenvalue weighted by Crippen LogP contribution is 2.18. The number of hydrogen-bond acceptors (Lipinski definition) is 5. The van der Waals surface area contributed by atoms with Crippen molar-refractivity contribution < 1.29 is 5.11 Å². The molecule has 2 aromatic rings. The first-order valence-electron chi connectivity index (χ1n) is 6.36. The standard InChI is InChI=1S/C13H19N3OS2/c1-10(2)19-9-13-14-12(15-16(13)5-6-17)8-11-4-3-7-18-11/h3-4,7,10,17H,5-6,8-9H2,1-2H3. The number of aliphatic hydroxyl groups excluding tert-OH is 1. The monoisotopic (exact) mass is 297 g/mol. The summed E-state index contributed by atoms with van der Waals surface area (Å²) in [6.07, 6.45) is 0.773. The van der Waals surface area contributed by atoms with Crippen molar-refractivity contribution in [2.24, 2.45) is 0 Å². The maximum absolute atomic E-state index is 9.09. The highest BCUT2D eigenvalue weighted by atomic mass is 32.2. The molecule has 0 aliphatic carbocycles. The zero-order valence-electron chi connectivity index (χ0n) is 11.2. The molecule has 0 fully saturated rings. The Morgan fingerprint density at radius 2 is 2.32 bits per heavy atom. The SMILES string of the molecule is CC(C)SCc1nc(Cc2cccs2)nn1CCO. The van der Waals surface area contributed by atoms with Gasteiger partial charge in [0.05, 0.1) is 18.9 Å². The highest BCUT2D eigenvalue weighted by Gasteiger charge is 2.11. The zero-order valence-corrected chi connectivity index (χ0v) is 12.9. The number of hydrogen-bond donors (Lipinski definition) is 1. The Kier molecular flexibility index (Phi) is 5.42. The molecule has 0 aliphatic heterocycles. The molecule has 0 unspecified atom stereocenters. The average molecular weight is 297 g/mol. The van der Waals surface area contributed by atoms with Crippen molar-refractivity contribution in [3.8, 4) is 0 Å². The van der Waals surface area contributed by atoms with Crippen LogP contribution in [-0.4, -0.2) is 31.7 Å². The Morgan fingerprint density at radius 3 is 2.95 bits per heavy atom. The number of nitrogens with zero attached hydrogens (tertiary/aromatic N) is 3. The van der Waals surface area contributed by atoms with Crippen LogP contribution in [0.5, 0.6) is 0 Å². The van der Waals surface area contributed by atoms with Crippen LogP contribution < -0.4 is 0 Å². The molecule has 0 saturated heterocycles. The fourth-order valence-electron chi connectivity index (χ4n) is 1.69. The maximum atomic E-state index is 9.09. The molecule has 0 atom stereocenters. The van der Waals surface area contributed by atoms with Crippen LogP contribution in [0.3, 0.4) is 0 Å². The van der Waals surface area contributed by atoms with Gasteiger partial charge in [-0.1, -0.05) is 19.9 Å². The van der Waals surface area contributed by atoms with E-state index in [1.54, 1.807) is 11.3 Å². The summed E-state index contributed by atoms with van der Waals surface area (Å²) >= 11 is 3.56. The molecule has 104 valence electrons. The Bertz CT molecular complexity index is 494. The molecule has 4 nitrogen and oxygen atoms in total.